The summed E-state index contributed by atoms with van der Waals surface area (Å²) in [6, 6.07) is -1.48. The number of amides is 3. The van der Waals surface area contributed by atoms with Crippen LogP contribution in [-0.2, 0) is 14.4 Å². The molecule has 0 bridgehead atoms. The van der Waals surface area contributed by atoms with E-state index in [0.29, 0.717) is 71.1 Å². The Hall–Kier alpha value is -3.09. The lowest BCUT2D eigenvalue weighted by Gasteiger charge is -2.23. The van der Waals surface area contributed by atoms with Gasteiger partial charge in [-0.05, 0) is 57.9 Å². The molecule has 13 heteroatoms. The smallest absolute Gasteiger partial charge is 0.243 e. The molecule has 0 aromatic rings. The highest BCUT2D eigenvalue weighted by molar-refractivity contribution is 5.91. The first-order valence-electron chi connectivity index (χ1n) is 11.3. The second-order valence-corrected chi connectivity index (χ2v) is 7.71. The number of nitrogens with zero attached hydrogens (tertiary/aromatic N) is 2. The predicted octanol–water partition coefficient (Wildman–Crippen LogP) is -2.28. The molecule has 13 nitrogen and oxygen atoms in total. The van der Waals surface area contributed by atoms with Crippen LogP contribution in [0.3, 0.4) is 0 Å². The number of carbonyl (C=O) groups is 3. The SMILES string of the molecule is CC(=O)N[C@@H](CCCCN=C(N)N)C(=O)N[C@@H](CCCCN)C(=O)NCCCCN=C(N)N. The van der Waals surface area contributed by atoms with Crippen LogP contribution >= 0.6 is 0 Å². The van der Waals surface area contributed by atoms with Crippen molar-refractivity contribution in [2.45, 2.75) is 70.4 Å². The van der Waals surface area contributed by atoms with Crippen LogP contribution in [0.25, 0.3) is 0 Å². The van der Waals surface area contributed by atoms with Crippen LogP contribution in [-0.4, -0.2) is 67.9 Å². The third kappa shape index (κ3) is 17.2. The Labute approximate surface area is 195 Å². The normalized spacial score (nSPS) is 12.2. The summed E-state index contributed by atoms with van der Waals surface area (Å²) in [5, 5.41) is 8.26. The first-order valence-corrected chi connectivity index (χ1v) is 11.3. The van der Waals surface area contributed by atoms with Crippen molar-refractivity contribution in [2.24, 2.45) is 38.7 Å². The molecule has 3 amide bonds. The fraction of sp³-hybridized carbons (Fsp3) is 0.750. The van der Waals surface area contributed by atoms with Crippen LogP contribution in [0.15, 0.2) is 9.98 Å². The minimum atomic E-state index is -0.758. The van der Waals surface area contributed by atoms with Gasteiger partial charge in [-0.25, -0.2) is 0 Å². The summed E-state index contributed by atoms with van der Waals surface area (Å²) in [5.74, 6) is -0.978. The molecular weight excluding hydrogens is 428 g/mol. The van der Waals surface area contributed by atoms with Gasteiger partial charge in [-0.1, -0.05) is 0 Å². The molecule has 0 aromatic carbocycles. The Bertz CT molecular complexity index is 646. The fourth-order valence-corrected chi connectivity index (χ4v) is 3.00. The summed E-state index contributed by atoms with van der Waals surface area (Å²) in [5.41, 5.74) is 26.7. The zero-order valence-electron chi connectivity index (χ0n) is 19.6. The van der Waals surface area contributed by atoms with Crippen molar-refractivity contribution in [1.29, 1.82) is 0 Å². The van der Waals surface area contributed by atoms with Gasteiger partial charge in [0.15, 0.2) is 11.9 Å². The molecule has 2 atom stereocenters. The van der Waals surface area contributed by atoms with Crippen LogP contribution < -0.4 is 44.6 Å². The number of rotatable bonds is 18. The summed E-state index contributed by atoms with van der Waals surface area (Å²) >= 11 is 0. The van der Waals surface area contributed by atoms with E-state index in [1.54, 1.807) is 0 Å². The van der Waals surface area contributed by atoms with Crippen LogP contribution in [0.2, 0.25) is 0 Å². The van der Waals surface area contributed by atoms with E-state index >= 15 is 0 Å². The first kappa shape index (κ1) is 29.9. The van der Waals surface area contributed by atoms with Gasteiger partial charge in [0.25, 0.3) is 0 Å². The molecule has 0 saturated carbocycles. The summed E-state index contributed by atoms with van der Waals surface area (Å²) in [6.45, 7) is 3.19. The molecule has 0 aliphatic rings. The molecule has 0 aliphatic carbocycles. The molecule has 190 valence electrons. The van der Waals surface area contributed by atoms with Gasteiger partial charge in [-0.15, -0.1) is 0 Å². The summed E-state index contributed by atoms with van der Waals surface area (Å²) in [7, 11) is 0. The predicted molar refractivity (Wildman–Crippen MR) is 130 cm³/mol. The Kier molecular flexibility index (Phi) is 16.7. The molecule has 0 rings (SSSR count). The maximum atomic E-state index is 12.8. The average molecular weight is 471 g/mol. The molecule has 33 heavy (non-hydrogen) atoms. The van der Waals surface area contributed by atoms with Gasteiger partial charge in [-0.3, -0.25) is 24.4 Å². The fourth-order valence-electron chi connectivity index (χ4n) is 3.00. The van der Waals surface area contributed by atoms with Crippen molar-refractivity contribution >= 4 is 29.6 Å². The van der Waals surface area contributed by atoms with E-state index in [-0.39, 0.29) is 23.7 Å². The largest absolute Gasteiger partial charge is 0.370 e. The lowest BCUT2D eigenvalue weighted by molar-refractivity contribution is -0.132. The van der Waals surface area contributed by atoms with Gasteiger partial charge >= 0.3 is 0 Å². The first-order chi connectivity index (χ1) is 15.7. The maximum Gasteiger partial charge on any atom is 0.243 e. The molecule has 0 aromatic heterocycles. The number of nitrogens with one attached hydrogen (secondary N) is 3. The Morgan fingerprint density at radius 3 is 1.76 bits per heavy atom. The van der Waals surface area contributed by atoms with Crippen molar-refractivity contribution in [3.05, 3.63) is 0 Å². The second-order valence-electron chi connectivity index (χ2n) is 7.71. The van der Waals surface area contributed by atoms with Crippen LogP contribution in [0.5, 0.6) is 0 Å². The van der Waals surface area contributed by atoms with E-state index in [1.807, 2.05) is 0 Å². The van der Waals surface area contributed by atoms with Crippen molar-refractivity contribution in [3.8, 4) is 0 Å². The van der Waals surface area contributed by atoms with Gasteiger partial charge in [0, 0.05) is 26.6 Å². The molecule has 0 heterocycles. The third-order valence-electron chi connectivity index (χ3n) is 4.65. The van der Waals surface area contributed by atoms with Crippen LogP contribution in [0.1, 0.15) is 58.3 Å². The number of hydrogen-bond acceptors (Lipinski definition) is 6. The molecule has 0 unspecified atom stereocenters. The average Bonchev–Trinajstić information content (AvgIpc) is 2.73. The van der Waals surface area contributed by atoms with E-state index in [4.69, 9.17) is 28.7 Å². The molecular formula is C20H42N10O3. The van der Waals surface area contributed by atoms with Crippen LogP contribution in [0.4, 0.5) is 0 Å². The van der Waals surface area contributed by atoms with Gasteiger partial charge in [-0.2, -0.15) is 0 Å². The van der Waals surface area contributed by atoms with Gasteiger partial charge < -0.3 is 44.6 Å². The van der Waals surface area contributed by atoms with Gasteiger partial charge in [0.05, 0.1) is 0 Å². The molecule has 0 fully saturated rings. The Balaban J connectivity index is 4.84. The zero-order valence-corrected chi connectivity index (χ0v) is 19.6. The standard InChI is InChI=1S/C20H42N10O3/c1-14(31)29-16(9-3-5-12-27-19(22)23)18(33)30-15(8-2-4-10-21)17(32)26-11-6-7-13-28-20(24)25/h15-16H,2-13,21H2,1H3,(H,26,32)(H,29,31)(H,30,33)(H4,22,23,27)(H4,24,25,28)/t15-,16-/m0/s1. The lowest BCUT2D eigenvalue weighted by Crippen LogP contribution is -2.53. The summed E-state index contributed by atoms with van der Waals surface area (Å²) in [4.78, 5) is 44.9. The summed E-state index contributed by atoms with van der Waals surface area (Å²) < 4.78 is 0. The maximum absolute atomic E-state index is 12.8. The van der Waals surface area contributed by atoms with E-state index < -0.39 is 18.0 Å². The number of carbonyl (C=O) groups excluding carboxylic acids is 3. The van der Waals surface area contributed by atoms with Crippen molar-refractivity contribution in [2.75, 3.05) is 26.2 Å². The highest BCUT2D eigenvalue weighted by atomic mass is 16.2. The quantitative estimate of drug-likeness (QED) is 0.0614. The highest BCUT2D eigenvalue weighted by Crippen LogP contribution is 2.06. The van der Waals surface area contributed by atoms with Crippen molar-refractivity contribution < 1.29 is 14.4 Å². The topological polar surface area (TPSA) is 242 Å². The molecule has 0 saturated heterocycles. The molecule has 0 aliphatic heterocycles. The molecule has 0 spiro atoms. The molecule has 0 radical (unpaired) electrons. The van der Waals surface area contributed by atoms with E-state index in [2.05, 4.69) is 25.9 Å². The monoisotopic (exact) mass is 470 g/mol. The minimum Gasteiger partial charge on any atom is -0.370 e. The number of hydrogen-bond donors (Lipinski definition) is 8. The molecule has 13 N–H and O–H groups in total. The number of guanidine groups is 2. The number of aliphatic imine (C=N–C) groups is 2. The third-order valence-corrected chi connectivity index (χ3v) is 4.65. The van der Waals surface area contributed by atoms with Gasteiger partial charge in [0.1, 0.15) is 12.1 Å². The Morgan fingerprint density at radius 2 is 1.24 bits per heavy atom. The second kappa shape index (κ2) is 18.5. The van der Waals surface area contributed by atoms with Crippen molar-refractivity contribution in [3.63, 3.8) is 0 Å². The van der Waals surface area contributed by atoms with Crippen LogP contribution in [0, 0.1) is 0 Å². The zero-order chi connectivity index (χ0) is 25.1. The van der Waals surface area contributed by atoms with E-state index in [9.17, 15) is 14.4 Å². The Morgan fingerprint density at radius 1 is 0.727 bits per heavy atom. The van der Waals surface area contributed by atoms with Crippen molar-refractivity contribution in [1.82, 2.24) is 16.0 Å². The van der Waals surface area contributed by atoms with E-state index in [1.165, 1.54) is 6.92 Å². The van der Waals surface area contributed by atoms with Gasteiger partial charge in [0.2, 0.25) is 17.7 Å². The highest BCUT2D eigenvalue weighted by Gasteiger charge is 2.25. The number of nitrogens with two attached hydrogens (primary N) is 5. The summed E-state index contributed by atoms with van der Waals surface area (Å²) in [6.07, 6.45) is 4.94. The van der Waals surface area contributed by atoms with E-state index in [0.717, 1.165) is 6.42 Å². The number of unbranched alkanes of at least 4 members (excludes halogenated alkanes) is 3. The lowest BCUT2D eigenvalue weighted by atomic mass is 10.1. The minimum absolute atomic E-state index is 0.00808.